The summed E-state index contributed by atoms with van der Waals surface area (Å²) in [6.07, 6.45) is 2.43. The second kappa shape index (κ2) is 5.97. The number of hydrogen-bond acceptors (Lipinski definition) is 5. The quantitative estimate of drug-likeness (QED) is 0.850. The van der Waals surface area contributed by atoms with Crippen molar-refractivity contribution in [3.63, 3.8) is 0 Å². The number of anilines is 1. The molecular weight excluding hydrogens is 262 g/mol. The Hall–Kier alpha value is -1.69. The Labute approximate surface area is 115 Å². The van der Waals surface area contributed by atoms with Gasteiger partial charge in [-0.3, -0.25) is 4.79 Å². The van der Waals surface area contributed by atoms with Crippen molar-refractivity contribution in [3.8, 4) is 0 Å². The third-order valence-corrected chi connectivity index (χ3v) is 3.88. The zero-order chi connectivity index (χ0) is 13.8. The van der Waals surface area contributed by atoms with Crippen LogP contribution < -0.4 is 5.32 Å². The van der Waals surface area contributed by atoms with Gasteiger partial charge in [-0.15, -0.1) is 11.3 Å². The Balaban J connectivity index is 1.99. The van der Waals surface area contributed by atoms with Crippen molar-refractivity contribution in [1.82, 2.24) is 9.97 Å². The van der Waals surface area contributed by atoms with Gasteiger partial charge in [-0.2, -0.15) is 0 Å². The minimum atomic E-state index is -0.746. The molecule has 2 heterocycles. The molecule has 0 aliphatic rings. The number of hydrogen-bond donors (Lipinski definition) is 2. The van der Waals surface area contributed by atoms with Crippen LogP contribution in [0.15, 0.2) is 12.4 Å². The zero-order valence-corrected chi connectivity index (χ0v) is 11.8. The largest absolute Gasteiger partial charge is 0.481 e. The average molecular weight is 279 g/mol. The van der Waals surface area contributed by atoms with E-state index in [9.17, 15) is 4.79 Å². The van der Waals surface area contributed by atoms with Crippen molar-refractivity contribution in [1.29, 1.82) is 0 Å². The Morgan fingerprint density at radius 3 is 3.05 bits per heavy atom. The molecule has 2 N–H and O–H groups in total. The van der Waals surface area contributed by atoms with Gasteiger partial charge in [-0.25, -0.2) is 9.97 Å². The number of aromatic nitrogens is 2. The Bertz CT molecular complexity index is 582. The van der Waals surface area contributed by atoms with Gasteiger partial charge in [0.2, 0.25) is 0 Å². The molecule has 0 fully saturated rings. The van der Waals surface area contributed by atoms with Crippen LogP contribution in [0.25, 0.3) is 10.2 Å². The number of carbonyl (C=O) groups is 1. The third-order valence-electron chi connectivity index (χ3n) is 2.92. The molecule has 1 unspecified atom stereocenters. The molecule has 6 heteroatoms. The topological polar surface area (TPSA) is 75.1 Å². The van der Waals surface area contributed by atoms with E-state index in [1.54, 1.807) is 17.7 Å². The Morgan fingerprint density at radius 2 is 2.32 bits per heavy atom. The Kier molecular flexibility index (Phi) is 4.31. The van der Waals surface area contributed by atoms with Gasteiger partial charge in [0.15, 0.2) is 0 Å². The van der Waals surface area contributed by atoms with Gasteiger partial charge in [0, 0.05) is 17.8 Å². The van der Waals surface area contributed by atoms with Crippen molar-refractivity contribution >= 4 is 33.3 Å². The summed E-state index contributed by atoms with van der Waals surface area (Å²) in [7, 11) is 0. The lowest BCUT2D eigenvalue weighted by molar-refractivity contribution is -0.137. The lowest BCUT2D eigenvalue weighted by atomic mass is 10.1. The van der Waals surface area contributed by atoms with Crippen LogP contribution in [0.5, 0.6) is 0 Å². The molecule has 2 rings (SSSR count). The fourth-order valence-electron chi connectivity index (χ4n) is 1.86. The maximum Gasteiger partial charge on any atom is 0.303 e. The molecule has 0 spiro atoms. The van der Waals surface area contributed by atoms with Crippen molar-refractivity contribution in [3.05, 3.63) is 17.3 Å². The summed E-state index contributed by atoms with van der Waals surface area (Å²) in [6, 6.07) is 2.07. The van der Waals surface area contributed by atoms with Crippen LogP contribution in [-0.2, 0) is 4.79 Å². The predicted octanol–water partition coefficient (Wildman–Crippen LogP) is 2.91. The average Bonchev–Trinajstić information content (AvgIpc) is 2.74. The van der Waals surface area contributed by atoms with Crippen molar-refractivity contribution in [2.45, 2.75) is 26.7 Å². The van der Waals surface area contributed by atoms with Crippen LogP contribution in [0, 0.1) is 12.8 Å². The number of aryl methyl sites for hydroxylation is 1. The van der Waals surface area contributed by atoms with Crippen LogP contribution >= 0.6 is 11.3 Å². The van der Waals surface area contributed by atoms with Gasteiger partial charge in [0.05, 0.1) is 5.39 Å². The van der Waals surface area contributed by atoms with Gasteiger partial charge in [0.1, 0.15) is 17.0 Å². The first-order valence-corrected chi connectivity index (χ1v) is 7.04. The molecule has 0 aliphatic heterocycles. The third kappa shape index (κ3) is 3.64. The highest BCUT2D eigenvalue weighted by atomic mass is 32.1. The molecule has 19 heavy (non-hydrogen) atoms. The predicted molar refractivity (Wildman–Crippen MR) is 76.7 cm³/mol. The highest BCUT2D eigenvalue weighted by Crippen LogP contribution is 2.27. The number of carboxylic acid groups (broad SMARTS) is 1. The molecule has 0 saturated heterocycles. The van der Waals surface area contributed by atoms with E-state index in [1.807, 2.05) is 13.8 Å². The monoisotopic (exact) mass is 279 g/mol. The fraction of sp³-hybridized carbons (Fsp3) is 0.462. The smallest absolute Gasteiger partial charge is 0.303 e. The number of nitrogens with zero attached hydrogens (tertiary/aromatic N) is 2. The molecule has 2 aromatic rings. The molecular formula is C13H17N3O2S. The first-order valence-electron chi connectivity index (χ1n) is 6.23. The normalized spacial score (nSPS) is 12.5. The number of rotatable bonds is 6. The number of carboxylic acids is 1. The molecule has 0 amide bonds. The van der Waals surface area contributed by atoms with E-state index >= 15 is 0 Å². The molecule has 1 atom stereocenters. The molecule has 0 aliphatic carbocycles. The SMILES string of the molecule is Cc1cc2c(NCC(C)CCC(=O)O)ncnc2s1. The molecule has 2 aromatic heterocycles. The minimum absolute atomic E-state index is 0.208. The highest BCUT2D eigenvalue weighted by Gasteiger charge is 2.09. The summed E-state index contributed by atoms with van der Waals surface area (Å²) in [5.74, 6) is 0.377. The van der Waals surface area contributed by atoms with Crippen LogP contribution in [0.1, 0.15) is 24.6 Å². The number of thiophene rings is 1. The van der Waals surface area contributed by atoms with E-state index in [0.29, 0.717) is 18.9 Å². The zero-order valence-electron chi connectivity index (χ0n) is 11.0. The molecule has 0 aromatic carbocycles. The molecule has 102 valence electrons. The van der Waals surface area contributed by atoms with E-state index in [-0.39, 0.29) is 6.42 Å². The van der Waals surface area contributed by atoms with Crippen molar-refractivity contribution in [2.24, 2.45) is 5.92 Å². The summed E-state index contributed by atoms with van der Waals surface area (Å²) in [4.78, 5) is 21.2. The first-order chi connectivity index (χ1) is 9.06. The summed E-state index contributed by atoms with van der Waals surface area (Å²) >= 11 is 1.65. The van der Waals surface area contributed by atoms with Gasteiger partial charge in [0.25, 0.3) is 0 Å². The molecule has 5 nitrogen and oxygen atoms in total. The number of nitrogens with one attached hydrogen (secondary N) is 1. The molecule has 0 bridgehead atoms. The number of aliphatic carboxylic acids is 1. The van der Waals surface area contributed by atoms with E-state index in [1.165, 1.54) is 4.88 Å². The van der Waals surface area contributed by atoms with E-state index in [4.69, 9.17) is 5.11 Å². The fourth-order valence-corrected chi connectivity index (χ4v) is 2.71. The number of fused-ring (bicyclic) bond motifs is 1. The summed E-state index contributed by atoms with van der Waals surface area (Å²) in [6.45, 7) is 4.80. The van der Waals surface area contributed by atoms with Crippen LogP contribution in [0.3, 0.4) is 0 Å². The summed E-state index contributed by atoms with van der Waals surface area (Å²) in [5.41, 5.74) is 0. The lowest BCUT2D eigenvalue weighted by Crippen LogP contribution is -2.13. The van der Waals surface area contributed by atoms with E-state index in [2.05, 4.69) is 21.4 Å². The van der Waals surface area contributed by atoms with E-state index in [0.717, 1.165) is 16.0 Å². The van der Waals surface area contributed by atoms with Crippen LogP contribution in [-0.4, -0.2) is 27.6 Å². The Morgan fingerprint density at radius 1 is 1.53 bits per heavy atom. The second-order valence-corrected chi connectivity index (χ2v) is 5.95. The van der Waals surface area contributed by atoms with E-state index < -0.39 is 5.97 Å². The molecule has 0 radical (unpaired) electrons. The first kappa shape index (κ1) is 13.7. The maximum atomic E-state index is 10.5. The van der Waals surface area contributed by atoms with Crippen molar-refractivity contribution in [2.75, 3.05) is 11.9 Å². The summed E-state index contributed by atoms with van der Waals surface area (Å²) in [5, 5.41) is 13.0. The van der Waals surface area contributed by atoms with Gasteiger partial charge >= 0.3 is 5.97 Å². The van der Waals surface area contributed by atoms with Crippen LogP contribution in [0.2, 0.25) is 0 Å². The maximum absolute atomic E-state index is 10.5. The van der Waals surface area contributed by atoms with Gasteiger partial charge in [-0.05, 0) is 25.3 Å². The van der Waals surface area contributed by atoms with Gasteiger partial charge in [-0.1, -0.05) is 6.92 Å². The van der Waals surface area contributed by atoms with Crippen molar-refractivity contribution < 1.29 is 9.90 Å². The molecule has 0 saturated carbocycles. The van der Waals surface area contributed by atoms with Crippen LogP contribution in [0.4, 0.5) is 5.82 Å². The van der Waals surface area contributed by atoms with Gasteiger partial charge < -0.3 is 10.4 Å². The summed E-state index contributed by atoms with van der Waals surface area (Å²) < 4.78 is 0. The minimum Gasteiger partial charge on any atom is -0.481 e. The highest BCUT2D eigenvalue weighted by molar-refractivity contribution is 7.18. The standard InChI is InChI=1S/C13H17N3O2S/c1-8(3-4-11(17)18)6-14-12-10-5-9(2)19-13(10)16-7-15-12/h5,7-8H,3-4,6H2,1-2H3,(H,17,18)(H,14,15,16). The lowest BCUT2D eigenvalue weighted by Gasteiger charge is -2.12. The second-order valence-electron chi connectivity index (χ2n) is 4.72.